The molecule has 0 radical (unpaired) electrons. The maximum atomic E-state index is 12.6. The largest absolute Gasteiger partial charge is 0.435 e. The van der Waals surface area contributed by atoms with E-state index < -0.39 is 17.9 Å². The maximum Gasteiger partial charge on any atom is 0.435 e. The minimum absolute atomic E-state index is 0.272. The number of aryl methyl sites for hydroxylation is 1. The number of hydrogen-bond donors (Lipinski definition) is 1. The van der Waals surface area contributed by atoms with Crippen LogP contribution in [0.15, 0.2) is 18.5 Å². The van der Waals surface area contributed by atoms with Crippen LogP contribution in [0.3, 0.4) is 0 Å². The van der Waals surface area contributed by atoms with Gasteiger partial charge in [-0.3, -0.25) is 9.48 Å². The molecule has 1 N–H and O–H groups in total. The van der Waals surface area contributed by atoms with Crippen molar-refractivity contribution in [2.75, 3.05) is 19.8 Å². The molecule has 1 aliphatic rings. The molecule has 0 bridgehead atoms. The molecule has 1 saturated heterocycles. The fraction of sp³-hybridized carbons (Fsp3) is 0.500. The third-order valence-corrected chi connectivity index (χ3v) is 3.72. The van der Waals surface area contributed by atoms with Crippen LogP contribution in [-0.4, -0.2) is 50.3 Å². The van der Waals surface area contributed by atoms with E-state index in [-0.39, 0.29) is 19.1 Å². The number of amides is 1. The van der Waals surface area contributed by atoms with Crippen molar-refractivity contribution < 1.29 is 22.7 Å². The van der Waals surface area contributed by atoms with Gasteiger partial charge in [0.25, 0.3) is 0 Å². The van der Waals surface area contributed by atoms with E-state index in [2.05, 4.69) is 15.1 Å². The fourth-order valence-corrected chi connectivity index (χ4v) is 2.56. The van der Waals surface area contributed by atoms with Crippen LogP contribution in [0.4, 0.5) is 13.2 Å². The van der Waals surface area contributed by atoms with Crippen molar-refractivity contribution in [2.45, 2.75) is 25.7 Å². The van der Waals surface area contributed by atoms with Gasteiger partial charge in [-0.2, -0.15) is 18.3 Å². The molecule has 3 rings (SSSR count). The highest BCUT2D eigenvalue weighted by atomic mass is 19.4. The number of carbonyl (C=O) groups is 1. The molecular weight excluding hydrogens is 327 g/mol. The average Bonchev–Trinajstić information content (AvgIpc) is 3.16. The summed E-state index contributed by atoms with van der Waals surface area (Å²) in [6.45, 7) is 2.57. The molecule has 1 atom stereocenters. The molecule has 10 heteroatoms. The lowest BCUT2D eigenvalue weighted by atomic mass is 10.2. The Morgan fingerprint density at radius 2 is 2.29 bits per heavy atom. The molecule has 2 aromatic heterocycles. The van der Waals surface area contributed by atoms with Crippen LogP contribution >= 0.6 is 0 Å². The van der Waals surface area contributed by atoms with E-state index in [1.807, 2.05) is 6.92 Å². The normalized spacial score (nSPS) is 18.8. The Kier molecular flexibility index (Phi) is 4.31. The number of nitrogens with zero attached hydrogens (tertiary/aromatic N) is 4. The van der Waals surface area contributed by atoms with Crippen molar-refractivity contribution in [3.63, 3.8) is 0 Å². The number of halogens is 3. The zero-order valence-corrected chi connectivity index (χ0v) is 12.9. The highest BCUT2D eigenvalue weighted by Crippen LogP contribution is 2.27. The van der Waals surface area contributed by atoms with Crippen molar-refractivity contribution in [3.05, 3.63) is 35.7 Å². The molecule has 24 heavy (non-hydrogen) atoms. The highest BCUT2D eigenvalue weighted by Gasteiger charge is 2.34. The molecule has 0 unspecified atom stereocenters. The number of alkyl halides is 3. The van der Waals surface area contributed by atoms with Gasteiger partial charge in [0.05, 0.1) is 13.2 Å². The van der Waals surface area contributed by atoms with Crippen molar-refractivity contribution in [2.24, 2.45) is 0 Å². The fourth-order valence-electron chi connectivity index (χ4n) is 2.56. The second-order valence-corrected chi connectivity index (χ2v) is 5.53. The zero-order valence-electron chi connectivity index (χ0n) is 12.9. The zero-order chi connectivity index (χ0) is 17.3. The third-order valence-electron chi connectivity index (χ3n) is 3.72. The first-order valence-corrected chi connectivity index (χ1v) is 7.34. The number of ether oxygens (including phenoxy) is 1. The summed E-state index contributed by atoms with van der Waals surface area (Å²) in [5, 5.41) is 3.41. The van der Waals surface area contributed by atoms with Gasteiger partial charge in [0, 0.05) is 24.6 Å². The van der Waals surface area contributed by atoms with Gasteiger partial charge in [-0.15, -0.1) is 0 Å². The van der Waals surface area contributed by atoms with E-state index in [1.54, 1.807) is 11.1 Å². The molecule has 0 aromatic carbocycles. The predicted octanol–water partition coefficient (Wildman–Crippen LogP) is 1.53. The van der Waals surface area contributed by atoms with E-state index in [4.69, 9.17) is 4.74 Å². The van der Waals surface area contributed by atoms with Gasteiger partial charge >= 0.3 is 6.18 Å². The molecule has 0 spiro atoms. The summed E-state index contributed by atoms with van der Waals surface area (Å²) in [6.07, 6.45) is -1.73. The highest BCUT2D eigenvalue weighted by molar-refractivity contribution is 5.76. The number of hydrogen-bond acceptors (Lipinski definition) is 4. The summed E-state index contributed by atoms with van der Waals surface area (Å²) in [4.78, 5) is 21.3. The minimum Gasteiger partial charge on any atom is -0.377 e. The second kappa shape index (κ2) is 6.27. The Hall–Kier alpha value is -2.36. The second-order valence-electron chi connectivity index (χ2n) is 5.53. The quantitative estimate of drug-likeness (QED) is 0.917. The molecule has 2 aromatic rings. The van der Waals surface area contributed by atoms with Crippen molar-refractivity contribution in [1.82, 2.24) is 24.6 Å². The Labute approximate surface area is 135 Å². The number of aromatic amines is 1. The monoisotopic (exact) mass is 343 g/mol. The molecule has 1 aliphatic heterocycles. The van der Waals surface area contributed by atoms with Crippen LogP contribution in [-0.2, 0) is 22.3 Å². The van der Waals surface area contributed by atoms with Gasteiger partial charge in [-0.25, -0.2) is 4.98 Å². The van der Waals surface area contributed by atoms with E-state index in [1.165, 1.54) is 0 Å². The summed E-state index contributed by atoms with van der Waals surface area (Å²) in [7, 11) is 0. The van der Waals surface area contributed by atoms with E-state index >= 15 is 0 Å². The minimum atomic E-state index is -4.53. The molecule has 3 heterocycles. The smallest absolute Gasteiger partial charge is 0.377 e. The van der Waals surface area contributed by atoms with Gasteiger partial charge in [-0.05, 0) is 13.0 Å². The lowest BCUT2D eigenvalue weighted by Crippen LogP contribution is -2.45. The van der Waals surface area contributed by atoms with Crippen LogP contribution in [0.25, 0.3) is 0 Å². The Morgan fingerprint density at radius 1 is 1.50 bits per heavy atom. The third kappa shape index (κ3) is 3.42. The van der Waals surface area contributed by atoms with E-state index in [9.17, 15) is 18.0 Å². The first-order valence-electron chi connectivity index (χ1n) is 7.34. The van der Waals surface area contributed by atoms with Crippen LogP contribution in [0, 0.1) is 6.92 Å². The molecule has 7 nitrogen and oxygen atoms in total. The first-order chi connectivity index (χ1) is 11.3. The number of rotatable bonds is 3. The number of nitrogens with one attached hydrogen (secondary N) is 1. The van der Waals surface area contributed by atoms with Crippen LogP contribution in [0.2, 0.25) is 0 Å². The van der Waals surface area contributed by atoms with Crippen molar-refractivity contribution in [3.8, 4) is 0 Å². The van der Waals surface area contributed by atoms with Gasteiger partial charge in [-0.1, -0.05) is 0 Å². The Balaban J connectivity index is 1.73. The lowest BCUT2D eigenvalue weighted by molar-refractivity contribution is -0.144. The van der Waals surface area contributed by atoms with Gasteiger partial charge < -0.3 is 14.6 Å². The number of imidazole rings is 1. The molecular formula is C14H16F3N5O2. The number of H-pyrrole nitrogens is 1. The van der Waals surface area contributed by atoms with Crippen molar-refractivity contribution >= 4 is 5.91 Å². The topological polar surface area (TPSA) is 76.0 Å². The predicted molar refractivity (Wildman–Crippen MR) is 75.8 cm³/mol. The molecule has 130 valence electrons. The summed E-state index contributed by atoms with van der Waals surface area (Å²) in [5.41, 5.74) is -0.166. The summed E-state index contributed by atoms with van der Waals surface area (Å²) in [6, 6.07) is 0.456. The number of aromatic nitrogens is 4. The van der Waals surface area contributed by atoms with Gasteiger partial charge in [0.1, 0.15) is 18.4 Å². The van der Waals surface area contributed by atoms with E-state index in [0.717, 1.165) is 22.6 Å². The Morgan fingerprint density at radius 3 is 2.92 bits per heavy atom. The summed E-state index contributed by atoms with van der Waals surface area (Å²) in [5.74, 6) is 0.256. The summed E-state index contributed by atoms with van der Waals surface area (Å²) < 4.78 is 44.1. The number of morpholine rings is 1. The van der Waals surface area contributed by atoms with E-state index in [0.29, 0.717) is 19.0 Å². The van der Waals surface area contributed by atoms with Crippen LogP contribution in [0.5, 0.6) is 0 Å². The van der Waals surface area contributed by atoms with Crippen LogP contribution < -0.4 is 0 Å². The molecule has 0 aliphatic carbocycles. The molecule has 1 fully saturated rings. The van der Waals surface area contributed by atoms with Crippen molar-refractivity contribution in [1.29, 1.82) is 0 Å². The maximum absolute atomic E-state index is 12.6. The summed E-state index contributed by atoms with van der Waals surface area (Å²) >= 11 is 0. The van der Waals surface area contributed by atoms with Gasteiger partial charge in [0.15, 0.2) is 5.69 Å². The number of carbonyl (C=O) groups excluding carboxylic acids is 1. The first kappa shape index (κ1) is 16.5. The van der Waals surface area contributed by atoms with Gasteiger partial charge in [0.2, 0.25) is 5.91 Å². The Bertz CT molecular complexity index is 724. The SMILES string of the molecule is Cc1cnc([C@H]2COCCN2C(=O)Cn2ccc(C(F)(F)F)n2)[nH]1. The molecule has 0 saturated carbocycles. The van der Waals surface area contributed by atoms with Crippen LogP contribution in [0.1, 0.15) is 23.3 Å². The average molecular weight is 343 g/mol. The lowest BCUT2D eigenvalue weighted by Gasteiger charge is -2.34. The molecule has 1 amide bonds. The standard InChI is InChI=1S/C14H16F3N5O2/c1-9-6-18-13(19-9)10-8-24-5-4-22(10)12(23)7-21-3-2-11(20-21)14(15,16)17/h2-3,6,10H,4-5,7-8H2,1H3,(H,18,19)/t10-/m1/s1.